The molecule has 1 aromatic carbocycles. The summed E-state index contributed by atoms with van der Waals surface area (Å²) in [5, 5.41) is 8.45. The highest BCUT2D eigenvalue weighted by molar-refractivity contribution is 5.97. The Bertz CT molecular complexity index is 367. The smallest absolute Gasteiger partial charge is 0.303 e. The van der Waals surface area contributed by atoms with Crippen LogP contribution in [0.3, 0.4) is 0 Å². The Labute approximate surface area is 93.9 Å². The first-order valence-electron chi connectivity index (χ1n) is 4.96. The number of carbonyl (C=O) groups is 2. The molecule has 0 aliphatic rings. The van der Waals surface area contributed by atoms with Gasteiger partial charge in [-0.1, -0.05) is 24.3 Å². The number of aliphatic carboxylic acids is 1. The van der Waals surface area contributed by atoms with Gasteiger partial charge in [0.25, 0.3) is 0 Å². The minimum Gasteiger partial charge on any atom is -0.481 e. The Morgan fingerprint density at radius 1 is 1.19 bits per heavy atom. The van der Waals surface area contributed by atoms with E-state index in [9.17, 15) is 9.59 Å². The number of hydrogen-bond donors (Lipinski definition) is 1. The van der Waals surface area contributed by atoms with Gasteiger partial charge in [-0.25, -0.2) is 0 Å². The van der Waals surface area contributed by atoms with Crippen molar-refractivity contribution in [2.75, 3.05) is 7.11 Å². The van der Waals surface area contributed by atoms with E-state index in [0.717, 1.165) is 5.56 Å². The molecular formula is C12H14O4. The van der Waals surface area contributed by atoms with Crippen LogP contribution >= 0.6 is 0 Å². The van der Waals surface area contributed by atoms with Gasteiger partial charge >= 0.3 is 5.97 Å². The van der Waals surface area contributed by atoms with Gasteiger partial charge in [-0.3, -0.25) is 9.59 Å². The molecule has 0 unspecified atom stereocenters. The fraction of sp³-hybridized carbons (Fsp3) is 0.333. The van der Waals surface area contributed by atoms with Crippen LogP contribution in [0.15, 0.2) is 24.3 Å². The van der Waals surface area contributed by atoms with Crippen molar-refractivity contribution >= 4 is 11.8 Å². The maximum Gasteiger partial charge on any atom is 0.303 e. The van der Waals surface area contributed by atoms with Crippen molar-refractivity contribution in [1.82, 2.24) is 0 Å². The maximum atomic E-state index is 11.5. The summed E-state index contributed by atoms with van der Waals surface area (Å²) in [6.07, 6.45) is -0.0857. The van der Waals surface area contributed by atoms with Gasteiger partial charge in [0.15, 0.2) is 5.78 Å². The van der Waals surface area contributed by atoms with Gasteiger partial charge in [-0.15, -0.1) is 0 Å². The van der Waals surface area contributed by atoms with Crippen LogP contribution in [0.2, 0.25) is 0 Å². The zero-order valence-electron chi connectivity index (χ0n) is 9.10. The van der Waals surface area contributed by atoms with Gasteiger partial charge in [0.05, 0.1) is 13.0 Å². The van der Waals surface area contributed by atoms with Gasteiger partial charge in [0.2, 0.25) is 0 Å². The number of ether oxygens (including phenoxy) is 1. The molecule has 0 fully saturated rings. The quantitative estimate of drug-likeness (QED) is 0.746. The molecule has 0 amide bonds. The van der Waals surface area contributed by atoms with Crippen molar-refractivity contribution in [2.24, 2.45) is 0 Å². The number of carboxylic acids is 1. The second-order valence-corrected chi connectivity index (χ2v) is 3.45. The molecule has 0 atom stereocenters. The summed E-state index contributed by atoms with van der Waals surface area (Å²) in [4.78, 5) is 21.8. The highest BCUT2D eigenvalue weighted by Crippen LogP contribution is 2.09. The first-order valence-corrected chi connectivity index (χ1v) is 4.96. The summed E-state index contributed by atoms with van der Waals surface area (Å²) >= 11 is 0. The Morgan fingerprint density at radius 3 is 2.31 bits per heavy atom. The van der Waals surface area contributed by atoms with E-state index < -0.39 is 5.97 Å². The van der Waals surface area contributed by atoms with E-state index in [0.29, 0.717) is 12.2 Å². The molecule has 0 aliphatic heterocycles. The van der Waals surface area contributed by atoms with E-state index in [4.69, 9.17) is 9.84 Å². The highest BCUT2D eigenvalue weighted by Gasteiger charge is 2.07. The van der Waals surface area contributed by atoms with E-state index in [2.05, 4.69) is 0 Å². The van der Waals surface area contributed by atoms with Crippen LogP contribution in [0.1, 0.15) is 28.8 Å². The van der Waals surface area contributed by atoms with E-state index in [1.54, 1.807) is 31.4 Å². The van der Waals surface area contributed by atoms with Crippen molar-refractivity contribution in [3.8, 4) is 0 Å². The monoisotopic (exact) mass is 222 g/mol. The van der Waals surface area contributed by atoms with Crippen LogP contribution in [0.4, 0.5) is 0 Å². The average molecular weight is 222 g/mol. The second-order valence-electron chi connectivity index (χ2n) is 3.45. The fourth-order valence-corrected chi connectivity index (χ4v) is 1.32. The lowest BCUT2D eigenvalue weighted by atomic mass is 10.1. The number of ketones is 1. The molecule has 0 bridgehead atoms. The summed E-state index contributed by atoms with van der Waals surface area (Å²) < 4.78 is 4.94. The minimum absolute atomic E-state index is 0.0406. The first kappa shape index (κ1) is 12.4. The molecule has 1 rings (SSSR count). The third-order valence-corrected chi connectivity index (χ3v) is 2.15. The molecule has 0 spiro atoms. The SMILES string of the molecule is COCc1ccc(C(=O)CCC(=O)O)cc1. The normalized spacial score (nSPS) is 10.1. The molecule has 0 radical (unpaired) electrons. The molecule has 0 aliphatic carbocycles. The Kier molecular flexibility index (Phi) is 4.66. The first-order chi connectivity index (χ1) is 7.63. The van der Waals surface area contributed by atoms with Crippen LogP contribution in [-0.4, -0.2) is 24.0 Å². The van der Waals surface area contributed by atoms with Gasteiger partial charge in [-0.2, -0.15) is 0 Å². The van der Waals surface area contributed by atoms with Crippen LogP contribution in [-0.2, 0) is 16.1 Å². The van der Waals surface area contributed by atoms with Crippen LogP contribution in [0.5, 0.6) is 0 Å². The standard InChI is InChI=1S/C12H14O4/c1-16-8-9-2-4-10(5-3-9)11(13)6-7-12(14)15/h2-5H,6-8H2,1H3,(H,14,15). The predicted molar refractivity (Wildman–Crippen MR) is 58.4 cm³/mol. The minimum atomic E-state index is -0.954. The third-order valence-electron chi connectivity index (χ3n) is 2.15. The van der Waals surface area contributed by atoms with Gasteiger partial charge < -0.3 is 9.84 Å². The van der Waals surface area contributed by atoms with Crippen molar-refractivity contribution in [3.63, 3.8) is 0 Å². The Balaban J connectivity index is 2.59. The highest BCUT2D eigenvalue weighted by atomic mass is 16.5. The van der Waals surface area contributed by atoms with E-state index in [-0.39, 0.29) is 18.6 Å². The summed E-state index contributed by atoms with van der Waals surface area (Å²) in [5.74, 6) is -1.10. The lowest BCUT2D eigenvalue weighted by Gasteiger charge is -2.02. The Hall–Kier alpha value is -1.68. The van der Waals surface area contributed by atoms with E-state index in [1.807, 2.05) is 0 Å². The number of methoxy groups -OCH3 is 1. The van der Waals surface area contributed by atoms with Crippen molar-refractivity contribution in [2.45, 2.75) is 19.4 Å². The molecular weight excluding hydrogens is 208 g/mol. The zero-order chi connectivity index (χ0) is 12.0. The van der Waals surface area contributed by atoms with Crippen LogP contribution in [0.25, 0.3) is 0 Å². The lowest BCUT2D eigenvalue weighted by Crippen LogP contribution is -2.03. The van der Waals surface area contributed by atoms with E-state index >= 15 is 0 Å². The lowest BCUT2D eigenvalue weighted by molar-refractivity contribution is -0.136. The van der Waals surface area contributed by atoms with Gasteiger partial charge in [-0.05, 0) is 5.56 Å². The van der Waals surface area contributed by atoms with Gasteiger partial charge in [0.1, 0.15) is 0 Å². The predicted octanol–water partition coefficient (Wildman–Crippen LogP) is 1.88. The Morgan fingerprint density at radius 2 is 1.81 bits per heavy atom. The third kappa shape index (κ3) is 3.82. The van der Waals surface area contributed by atoms with Gasteiger partial charge in [0, 0.05) is 19.1 Å². The molecule has 4 nitrogen and oxygen atoms in total. The largest absolute Gasteiger partial charge is 0.481 e. The summed E-state index contributed by atoms with van der Waals surface area (Å²) in [6, 6.07) is 6.99. The molecule has 1 aromatic rings. The number of benzene rings is 1. The second kappa shape index (κ2) is 6.02. The summed E-state index contributed by atoms with van der Waals surface area (Å²) in [5.41, 5.74) is 1.53. The van der Waals surface area contributed by atoms with Crippen LogP contribution < -0.4 is 0 Å². The maximum absolute atomic E-state index is 11.5. The molecule has 0 saturated carbocycles. The number of hydrogen-bond acceptors (Lipinski definition) is 3. The molecule has 0 aromatic heterocycles. The van der Waals surface area contributed by atoms with E-state index in [1.165, 1.54) is 0 Å². The number of carbonyl (C=O) groups excluding carboxylic acids is 1. The van der Waals surface area contributed by atoms with Crippen molar-refractivity contribution in [1.29, 1.82) is 0 Å². The molecule has 0 heterocycles. The average Bonchev–Trinajstić information content (AvgIpc) is 2.27. The van der Waals surface area contributed by atoms with Crippen molar-refractivity contribution < 1.29 is 19.4 Å². The van der Waals surface area contributed by atoms with Crippen LogP contribution in [0, 0.1) is 0 Å². The number of carboxylic acid groups (broad SMARTS) is 1. The number of rotatable bonds is 6. The summed E-state index contributed by atoms with van der Waals surface area (Å²) in [6.45, 7) is 0.504. The molecule has 86 valence electrons. The molecule has 0 saturated heterocycles. The summed E-state index contributed by atoms with van der Waals surface area (Å²) in [7, 11) is 1.60. The topological polar surface area (TPSA) is 63.6 Å². The molecule has 1 N–H and O–H groups in total. The molecule has 4 heteroatoms. The zero-order valence-corrected chi connectivity index (χ0v) is 9.10. The molecule has 16 heavy (non-hydrogen) atoms. The fourth-order valence-electron chi connectivity index (χ4n) is 1.32. The number of Topliss-reactive ketones (excluding diaryl/α,β-unsaturated/α-hetero) is 1. The van der Waals surface area contributed by atoms with Crippen molar-refractivity contribution in [3.05, 3.63) is 35.4 Å².